The van der Waals surface area contributed by atoms with Gasteiger partial charge in [0.25, 0.3) is 5.91 Å². The van der Waals surface area contributed by atoms with E-state index in [1.165, 1.54) is 4.90 Å². The van der Waals surface area contributed by atoms with Crippen LogP contribution >= 0.6 is 11.6 Å². The van der Waals surface area contributed by atoms with E-state index < -0.39 is 65.6 Å². The number of cyclic esters (lactones) is 1. The molecule has 1 spiro atoms. The van der Waals surface area contributed by atoms with E-state index in [-0.39, 0.29) is 25.5 Å². The molecular weight excluding hydrogens is 622 g/mol. The topological polar surface area (TPSA) is 117 Å². The quantitative estimate of drug-likeness (QED) is 0.379. The van der Waals surface area contributed by atoms with Gasteiger partial charge in [-0.1, -0.05) is 73.2 Å². The molecular formula is C36H40ClN3O7. The lowest BCUT2D eigenvalue weighted by atomic mass is 9.74. The Hall–Kier alpha value is -3.99. The van der Waals surface area contributed by atoms with Gasteiger partial charge in [0.05, 0.1) is 30.7 Å². The molecule has 4 aliphatic rings. The number of esters is 1. The SMILES string of the molecule is CC[C@@H](CO)N1C(=O)[C@H]2[C@@H]3C(=O)O[C@H](c4ccccc4)[C@@H](C)N(C)C(=O)CC/C=C\CN(c4ccc(Cl)cc4)C(=O)[C@H]1[C@@]21C=C[C@@H]3O1. The van der Waals surface area contributed by atoms with Crippen LogP contribution in [0.5, 0.6) is 0 Å². The fourth-order valence-corrected chi connectivity index (χ4v) is 7.58. The lowest BCUT2D eigenvalue weighted by molar-refractivity contribution is -0.164. The number of nitrogens with zero attached hydrogens (tertiary/aromatic N) is 3. The monoisotopic (exact) mass is 661 g/mol. The maximum Gasteiger partial charge on any atom is 0.313 e. The molecule has 8 atom stereocenters. The van der Waals surface area contributed by atoms with Gasteiger partial charge in [0.15, 0.2) is 0 Å². The van der Waals surface area contributed by atoms with Crippen LogP contribution in [0.4, 0.5) is 5.69 Å². The number of hydrogen-bond acceptors (Lipinski definition) is 7. The van der Waals surface area contributed by atoms with Crippen LogP contribution in [0.1, 0.15) is 44.8 Å². The summed E-state index contributed by atoms with van der Waals surface area (Å²) in [5, 5.41) is 10.9. The summed E-state index contributed by atoms with van der Waals surface area (Å²) < 4.78 is 12.8. The number of likely N-dealkylation sites (tertiary alicyclic amines) is 1. The van der Waals surface area contributed by atoms with Crippen LogP contribution in [0.2, 0.25) is 5.02 Å². The summed E-state index contributed by atoms with van der Waals surface area (Å²) in [5.41, 5.74) is -0.194. The van der Waals surface area contributed by atoms with Crippen LogP contribution in [-0.4, -0.2) is 88.6 Å². The van der Waals surface area contributed by atoms with Crippen molar-refractivity contribution in [3.8, 4) is 0 Å². The molecule has 1 N–H and O–H groups in total. The molecule has 4 heterocycles. The van der Waals surface area contributed by atoms with Crippen molar-refractivity contribution in [2.45, 2.75) is 69.0 Å². The fourth-order valence-electron chi connectivity index (χ4n) is 7.46. The van der Waals surface area contributed by atoms with Crippen LogP contribution in [0.3, 0.4) is 0 Å². The third-order valence-corrected chi connectivity index (χ3v) is 10.3. The minimum Gasteiger partial charge on any atom is -0.455 e. The molecule has 5 bridgehead atoms. The molecule has 47 heavy (non-hydrogen) atoms. The number of carbonyl (C=O) groups excluding carboxylic acids is 4. The molecule has 2 aromatic carbocycles. The van der Waals surface area contributed by atoms with Crippen molar-refractivity contribution < 1.29 is 33.8 Å². The van der Waals surface area contributed by atoms with E-state index in [1.54, 1.807) is 53.3 Å². The average Bonchev–Trinajstić information content (AvgIpc) is 3.73. The highest BCUT2D eigenvalue weighted by molar-refractivity contribution is 6.30. The maximum absolute atomic E-state index is 14.8. The van der Waals surface area contributed by atoms with E-state index >= 15 is 0 Å². The molecule has 2 saturated heterocycles. The normalized spacial score (nSPS) is 32.5. The first-order chi connectivity index (χ1) is 22.6. The number of fused-ring (bicyclic) bond motifs is 2. The lowest BCUT2D eigenvalue weighted by Gasteiger charge is -2.38. The van der Waals surface area contributed by atoms with Crippen molar-refractivity contribution in [1.82, 2.24) is 9.80 Å². The smallest absolute Gasteiger partial charge is 0.313 e. The Morgan fingerprint density at radius 2 is 1.74 bits per heavy atom. The second-order valence-corrected chi connectivity index (χ2v) is 13.1. The minimum absolute atomic E-state index is 0.126. The predicted molar refractivity (Wildman–Crippen MR) is 175 cm³/mol. The van der Waals surface area contributed by atoms with E-state index in [0.29, 0.717) is 29.1 Å². The van der Waals surface area contributed by atoms with Crippen molar-refractivity contribution >= 4 is 41.0 Å². The summed E-state index contributed by atoms with van der Waals surface area (Å²) >= 11 is 6.19. The number of ether oxygens (including phenoxy) is 2. The Morgan fingerprint density at radius 3 is 2.43 bits per heavy atom. The van der Waals surface area contributed by atoms with Gasteiger partial charge in [-0.05, 0) is 49.6 Å². The molecule has 0 aliphatic carbocycles. The average molecular weight is 662 g/mol. The number of halogens is 1. The van der Waals surface area contributed by atoms with Gasteiger partial charge in [-0.2, -0.15) is 0 Å². The van der Waals surface area contributed by atoms with Crippen molar-refractivity contribution in [2.75, 3.05) is 25.1 Å². The molecule has 248 valence electrons. The fraction of sp³-hybridized carbons (Fsp3) is 0.444. The second-order valence-electron chi connectivity index (χ2n) is 12.6. The Balaban J connectivity index is 1.48. The molecule has 2 fully saturated rings. The van der Waals surface area contributed by atoms with Crippen molar-refractivity contribution in [3.05, 3.63) is 89.5 Å². The zero-order chi connectivity index (χ0) is 33.5. The number of hydrogen-bond donors (Lipinski definition) is 1. The second kappa shape index (κ2) is 13.3. The summed E-state index contributed by atoms with van der Waals surface area (Å²) in [6.45, 7) is 3.44. The standard InChI is InChI=1S/C36H40ClN3O7/c1-4-25(21-41)40-32-34(44)39(26-16-14-24(37)15-17-26)20-10-6-9-13-28(42)38(3)22(2)31(23-11-7-5-8-12-23)46-35(45)29-27-18-19-36(32,47-27)30(29)33(40)43/h5-8,10-12,14-19,22,25,27,29-32,41H,4,9,13,20-21H2,1-3H3/b10-6-/t22-,25+,27+,29-,30-,31+,32+,36-/m1/s1. The highest BCUT2D eigenvalue weighted by Crippen LogP contribution is 2.56. The molecule has 11 heteroatoms. The van der Waals surface area contributed by atoms with E-state index in [9.17, 15) is 24.3 Å². The van der Waals surface area contributed by atoms with Gasteiger partial charge in [0.1, 0.15) is 23.7 Å². The first-order valence-electron chi connectivity index (χ1n) is 16.2. The molecule has 6 rings (SSSR count). The Labute approximate surface area is 279 Å². The van der Waals surface area contributed by atoms with Crippen molar-refractivity contribution in [1.29, 1.82) is 0 Å². The highest BCUT2D eigenvalue weighted by atomic mass is 35.5. The summed E-state index contributed by atoms with van der Waals surface area (Å²) in [4.78, 5) is 61.5. The number of rotatable bonds is 5. The van der Waals surface area contributed by atoms with Gasteiger partial charge in [-0.3, -0.25) is 19.2 Å². The Morgan fingerprint density at radius 1 is 1.02 bits per heavy atom. The zero-order valence-electron chi connectivity index (χ0n) is 26.7. The number of amides is 3. The van der Waals surface area contributed by atoms with Crippen LogP contribution in [0.25, 0.3) is 0 Å². The molecule has 4 aliphatic heterocycles. The molecule has 0 aromatic heterocycles. The molecule has 10 nitrogen and oxygen atoms in total. The summed E-state index contributed by atoms with van der Waals surface area (Å²) in [7, 11) is 1.69. The molecule has 0 radical (unpaired) electrons. The number of carbonyl (C=O) groups is 4. The van der Waals surface area contributed by atoms with Gasteiger partial charge < -0.3 is 29.3 Å². The zero-order valence-corrected chi connectivity index (χ0v) is 27.5. The molecule has 0 unspecified atom stereocenters. The Kier molecular flexibility index (Phi) is 9.29. The van der Waals surface area contributed by atoms with Crippen LogP contribution in [0, 0.1) is 11.8 Å². The first-order valence-corrected chi connectivity index (χ1v) is 16.5. The third kappa shape index (κ3) is 5.66. The molecule has 2 aromatic rings. The number of likely N-dealkylation sites (N-methyl/N-ethyl adjacent to an activating group) is 1. The summed E-state index contributed by atoms with van der Waals surface area (Å²) in [5.74, 6) is -3.73. The molecule has 3 amide bonds. The Bertz CT molecular complexity index is 1580. The van der Waals surface area contributed by atoms with Crippen LogP contribution in [-0.2, 0) is 28.7 Å². The highest BCUT2D eigenvalue weighted by Gasteiger charge is 2.74. The summed E-state index contributed by atoms with van der Waals surface area (Å²) in [6, 6.07) is 13.7. The summed E-state index contributed by atoms with van der Waals surface area (Å²) in [6.07, 6.45) is 6.56. The maximum atomic E-state index is 14.8. The van der Waals surface area contributed by atoms with Crippen molar-refractivity contribution in [3.63, 3.8) is 0 Å². The lowest BCUT2D eigenvalue weighted by Crippen LogP contribution is -2.58. The van der Waals surface area contributed by atoms with Gasteiger partial charge in [-0.15, -0.1) is 0 Å². The van der Waals surface area contributed by atoms with Gasteiger partial charge in [0, 0.05) is 30.7 Å². The first kappa shape index (κ1) is 32.9. The van der Waals surface area contributed by atoms with Crippen LogP contribution < -0.4 is 4.90 Å². The van der Waals surface area contributed by atoms with Gasteiger partial charge >= 0.3 is 5.97 Å². The van der Waals surface area contributed by atoms with E-state index in [0.717, 1.165) is 0 Å². The van der Waals surface area contributed by atoms with E-state index in [1.807, 2.05) is 56.3 Å². The minimum atomic E-state index is -1.45. The number of aliphatic hydroxyl groups excluding tert-OH is 1. The number of anilines is 1. The predicted octanol–water partition coefficient (Wildman–Crippen LogP) is 4.08. The molecule has 0 saturated carbocycles. The van der Waals surface area contributed by atoms with Gasteiger partial charge in [-0.25, -0.2) is 0 Å². The third-order valence-electron chi connectivity index (χ3n) is 10.1. The number of benzene rings is 2. The number of allylic oxidation sites excluding steroid dienone is 1. The largest absolute Gasteiger partial charge is 0.455 e. The van der Waals surface area contributed by atoms with Crippen LogP contribution in [0.15, 0.2) is 78.9 Å². The van der Waals surface area contributed by atoms with Crippen molar-refractivity contribution in [2.24, 2.45) is 11.8 Å². The van der Waals surface area contributed by atoms with E-state index in [2.05, 4.69) is 0 Å². The number of aliphatic hydroxyl groups is 1. The van der Waals surface area contributed by atoms with Gasteiger partial charge in [0.2, 0.25) is 11.8 Å². The van der Waals surface area contributed by atoms with E-state index in [4.69, 9.17) is 21.1 Å².